The summed E-state index contributed by atoms with van der Waals surface area (Å²) in [7, 11) is 1.82. The molecule has 1 aliphatic carbocycles. The molecule has 5 nitrogen and oxygen atoms in total. The van der Waals surface area contributed by atoms with Gasteiger partial charge >= 0.3 is 0 Å². The summed E-state index contributed by atoms with van der Waals surface area (Å²) in [4.78, 5) is 12.2. The van der Waals surface area contributed by atoms with Gasteiger partial charge in [0.15, 0.2) is 0 Å². The van der Waals surface area contributed by atoms with Crippen LogP contribution in [0.2, 0.25) is 0 Å². The molecule has 0 aromatic carbocycles. The molecule has 94 valence electrons. The van der Waals surface area contributed by atoms with Gasteiger partial charge in [-0.3, -0.25) is 9.48 Å². The maximum Gasteiger partial charge on any atom is 0.244 e. The van der Waals surface area contributed by atoms with Crippen molar-refractivity contribution in [3.8, 4) is 0 Å². The number of anilines is 1. The lowest BCUT2D eigenvalue weighted by molar-refractivity contribution is -0.122. The number of carbonyl (C=O) groups excluding carboxylic acids is 1. The van der Waals surface area contributed by atoms with Crippen molar-refractivity contribution in [3.63, 3.8) is 0 Å². The van der Waals surface area contributed by atoms with Gasteiger partial charge in [0, 0.05) is 13.2 Å². The second-order valence-corrected chi connectivity index (χ2v) is 5.21. The fourth-order valence-corrected chi connectivity index (χ4v) is 2.54. The third kappa shape index (κ3) is 2.66. The molecule has 0 spiro atoms. The van der Waals surface area contributed by atoms with Crippen molar-refractivity contribution in [2.45, 2.75) is 38.1 Å². The normalized spacial score (nSPS) is 29.0. The SMILES string of the molecule is CC1CCCC(N)(C(=O)Nc2cnn(C)c2)C1. The van der Waals surface area contributed by atoms with Gasteiger partial charge in [0.05, 0.1) is 17.4 Å². The Balaban J connectivity index is 2.03. The van der Waals surface area contributed by atoms with Crippen molar-refractivity contribution in [1.29, 1.82) is 0 Å². The molecule has 1 fully saturated rings. The van der Waals surface area contributed by atoms with E-state index in [9.17, 15) is 4.79 Å². The summed E-state index contributed by atoms with van der Waals surface area (Å²) in [6, 6.07) is 0. The zero-order valence-corrected chi connectivity index (χ0v) is 10.4. The van der Waals surface area contributed by atoms with Crippen molar-refractivity contribution >= 4 is 11.6 Å². The Bertz CT molecular complexity index is 414. The van der Waals surface area contributed by atoms with Gasteiger partial charge in [0.2, 0.25) is 5.91 Å². The Morgan fingerprint density at radius 3 is 3.06 bits per heavy atom. The number of aryl methyl sites for hydroxylation is 1. The van der Waals surface area contributed by atoms with Gasteiger partial charge in [-0.1, -0.05) is 19.8 Å². The molecule has 1 heterocycles. The molecular weight excluding hydrogens is 216 g/mol. The fourth-order valence-electron chi connectivity index (χ4n) is 2.54. The summed E-state index contributed by atoms with van der Waals surface area (Å²) in [6.45, 7) is 2.15. The second kappa shape index (κ2) is 4.49. The minimum Gasteiger partial charge on any atom is -0.322 e. The monoisotopic (exact) mass is 236 g/mol. The first-order valence-corrected chi connectivity index (χ1v) is 6.08. The number of hydrogen-bond donors (Lipinski definition) is 2. The Labute approximate surface area is 101 Å². The van der Waals surface area contributed by atoms with Crippen molar-refractivity contribution in [1.82, 2.24) is 9.78 Å². The molecule has 2 unspecified atom stereocenters. The van der Waals surface area contributed by atoms with Gasteiger partial charge in [0.25, 0.3) is 0 Å². The van der Waals surface area contributed by atoms with Gasteiger partial charge in [-0.25, -0.2) is 0 Å². The first-order chi connectivity index (χ1) is 7.99. The third-order valence-electron chi connectivity index (χ3n) is 3.45. The molecule has 1 aromatic heterocycles. The standard InChI is InChI=1S/C12H20N4O/c1-9-4-3-5-12(13,6-9)11(17)15-10-7-14-16(2)8-10/h7-9H,3-6,13H2,1-2H3,(H,15,17). The molecule has 1 saturated carbocycles. The zero-order valence-electron chi connectivity index (χ0n) is 10.4. The molecule has 1 aromatic rings. The lowest BCUT2D eigenvalue weighted by atomic mass is 9.76. The van der Waals surface area contributed by atoms with Crippen molar-refractivity contribution in [3.05, 3.63) is 12.4 Å². The first kappa shape index (κ1) is 12.1. The van der Waals surface area contributed by atoms with Crippen LogP contribution >= 0.6 is 0 Å². The molecule has 1 amide bonds. The number of aromatic nitrogens is 2. The highest BCUT2D eigenvalue weighted by atomic mass is 16.2. The molecule has 3 N–H and O–H groups in total. The highest BCUT2D eigenvalue weighted by Crippen LogP contribution is 2.31. The number of nitrogens with two attached hydrogens (primary N) is 1. The van der Waals surface area contributed by atoms with E-state index in [-0.39, 0.29) is 5.91 Å². The average Bonchev–Trinajstić information content (AvgIpc) is 2.63. The van der Waals surface area contributed by atoms with E-state index in [1.807, 2.05) is 7.05 Å². The molecule has 2 rings (SSSR count). The quantitative estimate of drug-likeness (QED) is 0.812. The van der Waals surface area contributed by atoms with Crippen molar-refractivity contribution < 1.29 is 4.79 Å². The second-order valence-electron chi connectivity index (χ2n) is 5.21. The van der Waals surface area contributed by atoms with Gasteiger partial charge < -0.3 is 11.1 Å². The van der Waals surface area contributed by atoms with Crippen LogP contribution in [0.4, 0.5) is 5.69 Å². The van der Waals surface area contributed by atoms with E-state index in [0.29, 0.717) is 11.6 Å². The largest absolute Gasteiger partial charge is 0.322 e. The zero-order chi connectivity index (χ0) is 12.5. The van der Waals surface area contributed by atoms with Gasteiger partial charge in [0.1, 0.15) is 0 Å². The van der Waals surface area contributed by atoms with E-state index < -0.39 is 5.54 Å². The van der Waals surface area contributed by atoms with Crippen molar-refractivity contribution in [2.24, 2.45) is 18.7 Å². The lowest BCUT2D eigenvalue weighted by Gasteiger charge is -2.35. The van der Waals surface area contributed by atoms with E-state index in [2.05, 4.69) is 17.3 Å². The predicted octanol–water partition coefficient (Wildman–Crippen LogP) is 1.27. The van der Waals surface area contributed by atoms with Gasteiger partial charge in [-0.05, 0) is 18.8 Å². The Hall–Kier alpha value is -1.36. The van der Waals surface area contributed by atoms with Crippen LogP contribution in [0.3, 0.4) is 0 Å². The molecule has 0 aliphatic heterocycles. The van der Waals surface area contributed by atoms with Gasteiger partial charge in [-0.2, -0.15) is 5.10 Å². The van der Waals surface area contributed by atoms with Crippen LogP contribution in [-0.2, 0) is 11.8 Å². The van der Waals surface area contributed by atoms with E-state index >= 15 is 0 Å². The van der Waals surface area contributed by atoms with E-state index in [0.717, 1.165) is 19.3 Å². The van der Waals surface area contributed by atoms with Crippen LogP contribution in [0.25, 0.3) is 0 Å². The molecule has 17 heavy (non-hydrogen) atoms. The third-order valence-corrected chi connectivity index (χ3v) is 3.45. The summed E-state index contributed by atoms with van der Waals surface area (Å²) in [5.41, 5.74) is 6.20. The van der Waals surface area contributed by atoms with Crippen LogP contribution in [0.5, 0.6) is 0 Å². The predicted molar refractivity (Wildman–Crippen MR) is 66.4 cm³/mol. The molecule has 2 atom stereocenters. The van der Waals surface area contributed by atoms with Crippen LogP contribution in [0.15, 0.2) is 12.4 Å². The first-order valence-electron chi connectivity index (χ1n) is 6.08. The summed E-state index contributed by atoms with van der Waals surface area (Å²) in [5.74, 6) is 0.436. The van der Waals surface area contributed by atoms with Crippen LogP contribution in [-0.4, -0.2) is 21.2 Å². The summed E-state index contributed by atoms with van der Waals surface area (Å²) >= 11 is 0. The van der Waals surface area contributed by atoms with E-state index in [1.165, 1.54) is 6.42 Å². The molecular formula is C12H20N4O. The number of hydrogen-bond acceptors (Lipinski definition) is 3. The smallest absolute Gasteiger partial charge is 0.244 e. The number of nitrogens with one attached hydrogen (secondary N) is 1. The molecule has 0 bridgehead atoms. The van der Waals surface area contributed by atoms with E-state index in [4.69, 9.17) is 5.73 Å². The van der Waals surface area contributed by atoms with Crippen LogP contribution in [0, 0.1) is 5.92 Å². The maximum atomic E-state index is 12.2. The fraction of sp³-hybridized carbons (Fsp3) is 0.667. The lowest BCUT2D eigenvalue weighted by Crippen LogP contribution is -2.53. The Morgan fingerprint density at radius 2 is 2.47 bits per heavy atom. The molecule has 0 radical (unpaired) electrons. The summed E-state index contributed by atoms with van der Waals surface area (Å²) in [6.07, 6.45) is 7.13. The Morgan fingerprint density at radius 1 is 1.71 bits per heavy atom. The van der Waals surface area contributed by atoms with E-state index in [1.54, 1.807) is 17.1 Å². The minimum atomic E-state index is -0.715. The number of nitrogens with zero attached hydrogens (tertiary/aromatic N) is 2. The maximum absolute atomic E-state index is 12.2. The minimum absolute atomic E-state index is 0.0861. The number of rotatable bonds is 2. The highest BCUT2D eigenvalue weighted by Gasteiger charge is 2.37. The molecule has 0 saturated heterocycles. The van der Waals surface area contributed by atoms with Crippen LogP contribution < -0.4 is 11.1 Å². The average molecular weight is 236 g/mol. The summed E-state index contributed by atoms with van der Waals surface area (Å²) in [5, 5.41) is 6.86. The number of carbonyl (C=O) groups is 1. The highest BCUT2D eigenvalue weighted by molar-refractivity contribution is 5.97. The molecule has 1 aliphatic rings. The number of amides is 1. The van der Waals surface area contributed by atoms with Crippen LogP contribution in [0.1, 0.15) is 32.6 Å². The van der Waals surface area contributed by atoms with Crippen molar-refractivity contribution in [2.75, 3.05) is 5.32 Å². The molecule has 5 heteroatoms. The van der Waals surface area contributed by atoms with Gasteiger partial charge in [-0.15, -0.1) is 0 Å². The summed E-state index contributed by atoms with van der Waals surface area (Å²) < 4.78 is 1.66. The Kier molecular flexibility index (Phi) is 3.19. The topological polar surface area (TPSA) is 72.9 Å².